The molecule has 0 N–H and O–H groups in total. The van der Waals surface area contributed by atoms with E-state index in [1.165, 1.54) is 5.57 Å². The Balaban J connectivity index is 0. The van der Waals surface area contributed by atoms with E-state index in [9.17, 15) is 0 Å². The molecule has 0 atom stereocenters. The van der Waals surface area contributed by atoms with E-state index < -0.39 is 0 Å². The largest absolute Gasteiger partial charge is 0.0885 e. The van der Waals surface area contributed by atoms with Gasteiger partial charge in [-0.3, -0.25) is 0 Å². The fourth-order valence-corrected chi connectivity index (χ4v) is 0.868. The molecule has 0 rings (SSSR count). The summed E-state index contributed by atoms with van der Waals surface area (Å²) in [4.78, 5) is 0. The minimum atomic E-state index is 1.13. The Bertz CT molecular complexity index is 118. The molecule has 0 spiro atoms. The zero-order valence-electron chi connectivity index (χ0n) is 9.35. The second kappa shape index (κ2) is 13.1. The third kappa shape index (κ3) is 12.2. The molecule has 0 aliphatic heterocycles. The van der Waals surface area contributed by atoms with E-state index in [0.29, 0.717) is 0 Å². The molecule has 0 aromatic carbocycles. The third-order valence-electron chi connectivity index (χ3n) is 1.39. The third-order valence-corrected chi connectivity index (χ3v) is 1.39. The highest BCUT2D eigenvalue weighted by atomic mass is 13.9. The Morgan fingerprint density at radius 2 is 1.58 bits per heavy atom. The van der Waals surface area contributed by atoms with Crippen LogP contribution in [0.15, 0.2) is 23.8 Å². The second-order valence-electron chi connectivity index (χ2n) is 2.54. The van der Waals surface area contributed by atoms with Crippen LogP contribution in [-0.4, -0.2) is 0 Å². The van der Waals surface area contributed by atoms with Gasteiger partial charge in [0, 0.05) is 0 Å². The lowest BCUT2D eigenvalue weighted by atomic mass is 10.2. The summed E-state index contributed by atoms with van der Waals surface area (Å²) >= 11 is 0. The van der Waals surface area contributed by atoms with Crippen molar-refractivity contribution in [1.29, 1.82) is 0 Å². The van der Waals surface area contributed by atoms with Crippen molar-refractivity contribution in [2.75, 3.05) is 0 Å². The molecule has 12 heavy (non-hydrogen) atoms. The molecule has 0 aliphatic carbocycles. The molecule has 72 valence electrons. The molecule has 0 heteroatoms. The van der Waals surface area contributed by atoms with Crippen LogP contribution in [0.5, 0.6) is 0 Å². The number of allylic oxidation sites excluding steroid dienone is 4. The number of hydrogen-bond donors (Lipinski definition) is 0. The van der Waals surface area contributed by atoms with Gasteiger partial charge in [-0.2, -0.15) is 0 Å². The standard InChI is InChI=1S/C10H18.C2H6/c1-4-6-7-9-10(3)8-5-2;1-2/h6-8H,4-5,9H2,1-3H3;1-2H3/b7-6-,10-8-;. The molecule has 0 aromatic rings. The van der Waals surface area contributed by atoms with Crippen LogP contribution in [0.2, 0.25) is 0 Å². The predicted octanol–water partition coefficient (Wildman–Crippen LogP) is 4.73. The number of rotatable bonds is 4. The van der Waals surface area contributed by atoms with Crippen molar-refractivity contribution in [2.45, 2.75) is 53.9 Å². The Hall–Kier alpha value is -0.520. The van der Waals surface area contributed by atoms with Gasteiger partial charge in [-0.1, -0.05) is 51.5 Å². The van der Waals surface area contributed by atoms with Crippen LogP contribution in [0, 0.1) is 0 Å². The van der Waals surface area contributed by atoms with Crippen molar-refractivity contribution < 1.29 is 0 Å². The molecular formula is C12H24. The van der Waals surface area contributed by atoms with E-state index in [0.717, 1.165) is 19.3 Å². The Kier molecular flexibility index (Phi) is 15.3. The maximum atomic E-state index is 2.28. The quantitative estimate of drug-likeness (QED) is 0.532. The van der Waals surface area contributed by atoms with Gasteiger partial charge in [-0.15, -0.1) is 0 Å². The molecule has 0 radical (unpaired) electrons. The smallest absolute Gasteiger partial charge is 0.0142 e. The van der Waals surface area contributed by atoms with Crippen molar-refractivity contribution in [2.24, 2.45) is 0 Å². The van der Waals surface area contributed by atoms with Gasteiger partial charge in [0.05, 0.1) is 0 Å². The maximum Gasteiger partial charge on any atom is -0.0142 e. The average molecular weight is 168 g/mol. The highest BCUT2D eigenvalue weighted by Crippen LogP contribution is 2.02. The van der Waals surface area contributed by atoms with Crippen LogP contribution in [0.3, 0.4) is 0 Å². The summed E-state index contributed by atoms with van der Waals surface area (Å²) in [5.41, 5.74) is 1.48. The molecule has 0 aromatic heterocycles. The van der Waals surface area contributed by atoms with Crippen LogP contribution in [-0.2, 0) is 0 Å². The van der Waals surface area contributed by atoms with Crippen LogP contribution in [0.4, 0.5) is 0 Å². The van der Waals surface area contributed by atoms with E-state index in [-0.39, 0.29) is 0 Å². The summed E-state index contributed by atoms with van der Waals surface area (Å²) in [6, 6.07) is 0. The summed E-state index contributed by atoms with van der Waals surface area (Å²) in [6.45, 7) is 10.5. The molecular weight excluding hydrogens is 144 g/mol. The summed E-state index contributed by atoms with van der Waals surface area (Å²) in [5.74, 6) is 0. The van der Waals surface area contributed by atoms with Gasteiger partial charge >= 0.3 is 0 Å². The van der Waals surface area contributed by atoms with Crippen molar-refractivity contribution in [3.63, 3.8) is 0 Å². The SMILES string of the molecule is CC.CC/C=C\C/C(C)=C\CC. The van der Waals surface area contributed by atoms with Crippen LogP contribution < -0.4 is 0 Å². The van der Waals surface area contributed by atoms with Crippen LogP contribution >= 0.6 is 0 Å². The topological polar surface area (TPSA) is 0 Å². The zero-order valence-corrected chi connectivity index (χ0v) is 9.35. The molecule has 0 heterocycles. The van der Waals surface area contributed by atoms with Gasteiger partial charge in [0.1, 0.15) is 0 Å². The monoisotopic (exact) mass is 168 g/mol. The first-order valence-corrected chi connectivity index (χ1v) is 5.11. The maximum absolute atomic E-state index is 2.28. The van der Waals surface area contributed by atoms with Gasteiger partial charge in [-0.05, 0) is 26.2 Å². The Morgan fingerprint density at radius 1 is 1.00 bits per heavy atom. The molecule has 0 bridgehead atoms. The van der Waals surface area contributed by atoms with Crippen molar-refractivity contribution in [3.05, 3.63) is 23.8 Å². The minimum absolute atomic E-state index is 1.13. The molecule has 0 saturated carbocycles. The summed E-state index contributed by atoms with van der Waals surface area (Å²) < 4.78 is 0. The molecule has 0 fully saturated rings. The van der Waals surface area contributed by atoms with Gasteiger partial charge in [0.2, 0.25) is 0 Å². The van der Waals surface area contributed by atoms with Crippen molar-refractivity contribution in [3.8, 4) is 0 Å². The van der Waals surface area contributed by atoms with E-state index in [1.807, 2.05) is 13.8 Å². The molecule has 0 saturated heterocycles. The fraction of sp³-hybridized carbons (Fsp3) is 0.667. The van der Waals surface area contributed by atoms with E-state index in [2.05, 4.69) is 39.0 Å². The lowest BCUT2D eigenvalue weighted by molar-refractivity contribution is 1.11. The van der Waals surface area contributed by atoms with Gasteiger partial charge in [-0.25, -0.2) is 0 Å². The normalized spacial score (nSPS) is 11.2. The summed E-state index contributed by atoms with van der Waals surface area (Å²) in [5, 5.41) is 0. The minimum Gasteiger partial charge on any atom is -0.0885 e. The van der Waals surface area contributed by atoms with Gasteiger partial charge in [0.15, 0.2) is 0 Å². The highest BCUT2D eigenvalue weighted by molar-refractivity contribution is 5.03. The average Bonchev–Trinajstić information content (AvgIpc) is 2.09. The first-order valence-electron chi connectivity index (χ1n) is 5.11. The first kappa shape index (κ1) is 14.0. The van der Waals surface area contributed by atoms with Gasteiger partial charge in [0.25, 0.3) is 0 Å². The van der Waals surface area contributed by atoms with E-state index in [4.69, 9.17) is 0 Å². The highest BCUT2D eigenvalue weighted by Gasteiger charge is 1.81. The predicted molar refractivity (Wildman–Crippen MR) is 59.4 cm³/mol. The lowest BCUT2D eigenvalue weighted by Gasteiger charge is -1.92. The van der Waals surface area contributed by atoms with Gasteiger partial charge < -0.3 is 0 Å². The first-order chi connectivity index (χ1) is 5.81. The number of hydrogen-bond acceptors (Lipinski definition) is 0. The van der Waals surface area contributed by atoms with Crippen LogP contribution in [0.25, 0.3) is 0 Å². The summed E-state index contributed by atoms with van der Waals surface area (Å²) in [7, 11) is 0. The Labute approximate surface area is 78.4 Å². The molecule has 0 aliphatic rings. The zero-order chi connectivity index (χ0) is 9.82. The van der Waals surface area contributed by atoms with Crippen molar-refractivity contribution >= 4 is 0 Å². The van der Waals surface area contributed by atoms with Crippen molar-refractivity contribution in [1.82, 2.24) is 0 Å². The summed E-state index contributed by atoms with van der Waals surface area (Å²) in [6.07, 6.45) is 10.2. The van der Waals surface area contributed by atoms with E-state index in [1.54, 1.807) is 0 Å². The Morgan fingerprint density at radius 3 is 2.00 bits per heavy atom. The lowest BCUT2D eigenvalue weighted by Crippen LogP contribution is -1.71. The molecule has 0 amide bonds. The van der Waals surface area contributed by atoms with Crippen LogP contribution in [0.1, 0.15) is 53.9 Å². The van der Waals surface area contributed by atoms with E-state index >= 15 is 0 Å². The molecule has 0 nitrogen and oxygen atoms in total. The molecule has 0 unspecified atom stereocenters. The second-order valence-corrected chi connectivity index (χ2v) is 2.54. The fourth-order valence-electron chi connectivity index (χ4n) is 0.868.